The zero-order valence-corrected chi connectivity index (χ0v) is 13.3. The Morgan fingerprint density at radius 1 is 1.45 bits per heavy atom. The molecule has 1 fully saturated rings. The van der Waals surface area contributed by atoms with Crippen LogP contribution in [0.4, 0.5) is 0 Å². The highest BCUT2D eigenvalue weighted by Gasteiger charge is 2.32. The van der Waals surface area contributed by atoms with Gasteiger partial charge in [0.15, 0.2) is 0 Å². The van der Waals surface area contributed by atoms with E-state index in [1.54, 1.807) is 0 Å². The third-order valence-corrected chi connectivity index (χ3v) is 5.39. The van der Waals surface area contributed by atoms with E-state index in [0.29, 0.717) is 5.92 Å². The van der Waals surface area contributed by atoms with Gasteiger partial charge in [-0.2, -0.15) is 0 Å². The molecule has 1 aromatic rings. The van der Waals surface area contributed by atoms with Crippen LogP contribution in [0.1, 0.15) is 46.1 Å². The maximum atomic E-state index is 12.1. The molecule has 108 valence electrons. The monoisotopic (exact) mass is 337 g/mol. The Morgan fingerprint density at radius 2 is 2.30 bits per heavy atom. The maximum absolute atomic E-state index is 12.1. The van der Waals surface area contributed by atoms with Crippen LogP contribution in [-0.2, 0) is 11.2 Å². The Morgan fingerprint density at radius 3 is 3.05 bits per heavy atom. The highest BCUT2D eigenvalue weighted by Crippen LogP contribution is 2.37. The van der Waals surface area contributed by atoms with Gasteiger partial charge in [0.2, 0.25) is 0 Å². The number of hydrogen-bond acceptors (Lipinski definition) is 2. The molecule has 2 aliphatic rings. The molecule has 1 aromatic carbocycles. The fraction of sp³-hybridized carbons (Fsp3) is 0.562. The van der Waals surface area contributed by atoms with Crippen molar-refractivity contribution in [3.63, 3.8) is 0 Å². The molecule has 0 spiro atoms. The summed E-state index contributed by atoms with van der Waals surface area (Å²) in [4.78, 5) is 12.3. The summed E-state index contributed by atoms with van der Waals surface area (Å²) in [6, 6.07) is 6.26. The molecule has 3 atom stereocenters. The van der Waals surface area contributed by atoms with Gasteiger partial charge in [0.05, 0.1) is 10.9 Å². The Kier molecular flexibility index (Phi) is 4.13. The summed E-state index contributed by atoms with van der Waals surface area (Å²) in [5.41, 5.74) is 3.12. The number of rotatable bonds is 2. The molecule has 3 rings (SSSR count). The zero-order valence-electron chi connectivity index (χ0n) is 11.7. The Balaban J connectivity index is 1.89. The number of halogens is 1. The van der Waals surface area contributed by atoms with E-state index in [2.05, 4.69) is 40.3 Å². The van der Waals surface area contributed by atoms with Gasteiger partial charge in [-0.05, 0) is 42.4 Å². The van der Waals surface area contributed by atoms with Crippen LogP contribution in [0, 0.1) is 5.92 Å². The van der Waals surface area contributed by atoms with E-state index in [-0.39, 0.29) is 16.8 Å². The van der Waals surface area contributed by atoms with Crippen molar-refractivity contribution in [2.75, 3.05) is 13.2 Å². The van der Waals surface area contributed by atoms with Gasteiger partial charge in [-0.3, -0.25) is 4.79 Å². The third-order valence-electron chi connectivity index (χ3n) is 4.34. The summed E-state index contributed by atoms with van der Waals surface area (Å²) in [5.74, 6) is 0.603. The lowest BCUT2D eigenvalue weighted by Crippen LogP contribution is -2.23. The van der Waals surface area contributed by atoms with E-state index in [9.17, 15) is 4.79 Å². The fourth-order valence-electron chi connectivity index (χ4n) is 3.05. The number of amides is 1. The van der Waals surface area contributed by atoms with Gasteiger partial charge in [-0.15, -0.1) is 0 Å². The van der Waals surface area contributed by atoms with Crippen molar-refractivity contribution in [1.82, 2.24) is 5.32 Å². The quantitative estimate of drug-likeness (QED) is 0.841. The van der Waals surface area contributed by atoms with Gasteiger partial charge in [0.1, 0.15) is 0 Å². The van der Waals surface area contributed by atoms with Crippen LogP contribution < -0.4 is 5.32 Å². The molecule has 4 heteroatoms. The molecule has 0 bridgehead atoms. The Hall–Kier alpha value is -0.870. The van der Waals surface area contributed by atoms with E-state index in [0.717, 1.165) is 49.1 Å². The highest BCUT2D eigenvalue weighted by atomic mass is 79.9. The highest BCUT2D eigenvalue weighted by molar-refractivity contribution is 9.09. The Bertz CT molecular complexity index is 517. The summed E-state index contributed by atoms with van der Waals surface area (Å²) >= 11 is 3.76. The first-order valence-electron chi connectivity index (χ1n) is 7.33. The predicted molar refractivity (Wildman–Crippen MR) is 82.3 cm³/mol. The van der Waals surface area contributed by atoms with E-state index in [1.165, 1.54) is 0 Å². The molecule has 3 nitrogen and oxygen atoms in total. The molecule has 3 unspecified atom stereocenters. The van der Waals surface area contributed by atoms with Crippen LogP contribution in [0.2, 0.25) is 0 Å². The second kappa shape index (κ2) is 5.86. The third kappa shape index (κ3) is 2.63. The lowest BCUT2D eigenvalue weighted by molar-refractivity contribution is 0.0929. The molecule has 1 saturated heterocycles. The largest absolute Gasteiger partial charge is 0.376 e. The van der Waals surface area contributed by atoms with Crippen LogP contribution in [0.25, 0.3) is 0 Å². The van der Waals surface area contributed by atoms with Gasteiger partial charge in [-0.25, -0.2) is 0 Å². The van der Waals surface area contributed by atoms with Crippen LogP contribution in [0.5, 0.6) is 0 Å². The summed E-state index contributed by atoms with van der Waals surface area (Å²) in [5, 5.41) is 2.96. The van der Waals surface area contributed by atoms with Crippen molar-refractivity contribution in [2.45, 2.75) is 37.1 Å². The number of nitrogens with one attached hydrogen (secondary N) is 1. The molecule has 2 heterocycles. The molecule has 0 aliphatic carbocycles. The SMILES string of the molecule is CC1CCOC1C(Br)c1ccc2c(c1)C(=O)NCCC2. The number of ether oxygens (including phenoxy) is 1. The average molecular weight is 338 g/mol. The average Bonchev–Trinajstić information content (AvgIpc) is 2.79. The zero-order chi connectivity index (χ0) is 14.1. The minimum absolute atomic E-state index is 0.0550. The van der Waals surface area contributed by atoms with Gasteiger partial charge < -0.3 is 10.1 Å². The van der Waals surface area contributed by atoms with Crippen molar-refractivity contribution in [3.05, 3.63) is 34.9 Å². The van der Waals surface area contributed by atoms with Crippen LogP contribution >= 0.6 is 15.9 Å². The van der Waals surface area contributed by atoms with Crippen LogP contribution in [-0.4, -0.2) is 25.2 Å². The minimum Gasteiger partial charge on any atom is -0.376 e. The number of hydrogen-bond donors (Lipinski definition) is 1. The molecule has 1 amide bonds. The minimum atomic E-state index is 0.0550. The van der Waals surface area contributed by atoms with Crippen molar-refractivity contribution < 1.29 is 9.53 Å². The van der Waals surface area contributed by atoms with E-state index < -0.39 is 0 Å². The van der Waals surface area contributed by atoms with Crippen molar-refractivity contribution in [1.29, 1.82) is 0 Å². The summed E-state index contributed by atoms with van der Waals surface area (Å²) < 4.78 is 5.83. The van der Waals surface area contributed by atoms with Gasteiger partial charge in [0.25, 0.3) is 5.91 Å². The lowest BCUT2D eigenvalue weighted by atomic mass is 9.94. The molecule has 0 aromatic heterocycles. The first-order valence-corrected chi connectivity index (χ1v) is 8.25. The van der Waals surface area contributed by atoms with Crippen LogP contribution in [0.15, 0.2) is 18.2 Å². The second-order valence-electron chi connectivity index (χ2n) is 5.78. The Labute approximate surface area is 128 Å². The molecular formula is C16H20BrNO2. The standard InChI is InChI=1S/C16H20BrNO2/c1-10-6-8-20-15(10)14(17)12-5-4-11-3-2-7-18-16(19)13(11)9-12/h4-5,9-10,14-15H,2-3,6-8H2,1H3,(H,18,19). The van der Waals surface area contributed by atoms with Crippen molar-refractivity contribution >= 4 is 21.8 Å². The topological polar surface area (TPSA) is 38.3 Å². The van der Waals surface area contributed by atoms with E-state index in [4.69, 9.17) is 4.74 Å². The molecule has 2 aliphatic heterocycles. The molecular weight excluding hydrogens is 318 g/mol. The van der Waals surface area contributed by atoms with E-state index in [1.807, 2.05) is 6.07 Å². The second-order valence-corrected chi connectivity index (χ2v) is 6.77. The van der Waals surface area contributed by atoms with Crippen molar-refractivity contribution in [2.24, 2.45) is 5.92 Å². The first-order chi connectivity index (χ1) is 9.66. The number of benzene rings is 1. The molecule has 1 N–H and O–H groups in total. The summed E-state index contributed by atoms with van der Waals surface area (Å²) in [6.45, 7) is 3.82. The van der Waals surface area contributed by atoms with Gasteiger partial charge >= 0.3 is 0 Å². The van der Waals surface area contributed by atoms with Crippen LogP contribution in [0.3, 0.4) is 0 Å². The number of aryl methyl sites for hydroxylation is 1. The number of carbonyl (C=O) groups excluding carboxylic acids is 1. The normalized spacial score (nSPS) is 27.6. The number of fused-ring (bicyclic) bond motifs is 1. The maximum Gasteiger partial charge on any atom is 0.251 e. The number of alkyl halides is 1. The summed E-state index contributed by atoms with van der Waals surface area (Å²) in [6.07, 6.45) is 3.29. The number of carbonyl (C=O) groups is 1. The fourth-order valence-corrected chi connectivity index (χ4v) is 4.01. The predicted octanol–water partition coefficient (Wildman–Crippen LogP) is 3.22. The molecule has 20 heavy (non-hydrogen) atoms. The molecule has 0 radical (unpaired) electrons. The van der Waals surface area contributed by atoms with Gasteiger partial charge in [0, 0.05) is 18.7 Å². The summed E-state index contributed by atoms with van der Waals surface area (Å²) in [7, 11) is 0. The lowest BCUT2D eigenvalue weighted by Gasteiger charge is -2.22. The smallest absolute Gasteiger partial charge is 0.251 e. The van der Waals surface area contributed by atoms with Gasteiger partial charge in [-0.1, -0.05) is 35.0 Å². The van der Waals surface area contributed by atoms with E-state index >= 15 is 0 Å². The van der Waals surface area contributed by atoms with Crippen molar-refractivity contribution in [3.8, 4) is 0 Å². The molecule has 0 saturated carbocycles. The first kappa shape index (κ1) is 14.1.